The first-order valence-electron chi connectivity index (χ1n) is 8.22. The van der Waals surface area contributed by atoms with Gasteiger partial charge in [-0.3, -0.25) is 9.78 Å². The van der Waals surface area contributed by atoms with Crippen LogP contribution in [0, 0.1) is 0 Å². The predicted octanol–water partition coefficient (Wildman–Crippen LogP) is 1.67. The van der Waals surface area contributed by atoms with Gasteiger partial charge in [-0.25, -0.2) is 0 Å². The van der Waals surface area contributed by atoms with Crippen LogP contribution in [0.5, 0.6) is 0 Å². The van der Waals surface area contributed by atoms with E-state index in [0.717, 1.165) is 11.1 Å². The number of fused-ring (bicyclic) bond motifs is 1. The second-order valence-corrected chi connectivity index (χ2v) is 5.97. The minimum Gasteiger partial charge on any atom is -0.348 e. The quantitative estimate of drug-likeness (QED) is 0.745. The van der Waals surface area contributed by atoms with Gasteiger partial charge in [0.25, 0.3) is 5.91 Å². The molecule has 1 amide bonds. The molecule has 0 bridgehead atoms. The number of carbonyl (C=O) groups excluding carboxylic acids is 1. The maximum absolute atomic E-state index is 13.0. The Labute approximate surface area is 150 Å². The van der Waals surface area contributed by atoms with Crippen LogP contribution in [0.3, 0.4) is 0 Å². The summed E-state index contributed by atoms with van der Waals surface area (Å²) in [6, 6.07) is 13.1. The molecule has 1 aromatic carbocycles. The minimum atomic E-state index is -0.439. The van der Waals surface area contributed by atoms with E-state index in [1.165, 1.54) is 0 Å². The fraction of sp³-hybridized carbons (Fsp3) is 0.167. The molecule has 1 aliphatic rings. The van der Waals surface area contributed by atoms with Crippen molar-refractivity contribution >= 4 is 11.9 Å². The second-order valence-electron chi connectivity index (χ2n) is 5.97. The lowest BCUT2D eigenvalue weighted by Gasteiger charge is -2.27. The molecule has 0 saturated heterocycles. The van der Waals surface area contributed by atoms with Gasteiger partial charge in [0, 0.05) is 24.6 Å². The zero-order valence-corrected chi connectivity index (χ0v) is 14.1. The van der Waals surface area contributed by atoms with E-state index in [9.17, 15) is 4.79 Å². The molecule has 0 aliphatic carbocycles. The number of carbonyl (C=O) groups is 1. The smallest absolute Gasteiger partial charge is 0.251 e. The number of benzene rings is 1. The number of nitrogens with one attached hydrogen (secondary N) is 2. The largest absolute Gasteiger partial charge is 0.348 e. The topological polar surface area (TPSA) is 97.6 Å². The fourth-order valence-corrected chi connectivity index (χ4v) is 3.03. The number of anilines is 1. The summed E-state index contributed by atoms with van der Waals surface area (Å²) in [6.45, 7) is 2.29. The van der Waals surface area contributed by atoms with Crippen LogP contribution in [0.2, 0.25) is 0 Å². The number of allylic oxidation sites excluding steroid dienone is 1. The molecular weight excluding hydrogens is 330 g/mol. The predicted molar refractivity (Wildman–Crippen MR) is 94.8 cm³/mol. The normalized spacial score (nSPS) is 16.0. The lowest BCUT2D eigenvalue weighted by molar-refractivity contribution is -0.118. The van der Waals surface area contributed by atoms with Crippen LogP contribution in [0.4, 0.5) is 5.95 Å². The molecule has 0 unspecified atom stereocenters. The van der Waals surface area contributed by atoms with Gasteiger partial charge >= 0.3 is 0 Å². The zero-order chi connectivity index (χ0) is 17.9. The first-order valence-corrected chi connectivity index (χ1v) is 8.22. The van der Waals surface area contributed by atoms with Crippen LogP contribution < -0.4 is 10.6 Å². The van der Waals surface area contributed by atoms with Crippen LogP contribution in [0.1, 0.15) is 24.1 Å². The van der Waals surface area contributed by atoms with Crippen LogP contribution in [-0.2, 0) is 11.3 Å². The molecular formula is C18H17N7O. The van der Waals surface area contributed by atoms with Crippen LogP contribution >= 0.6 is 0 Å². The molecule has 2 N–H and O–H groups in total. The van der Waals surface area contributed by atoms with Crippen LogP contribution in [0.25, 0.3) is 0 Å². The minimum absolute atomic E-state index is 0.172. The van der Waals surface area contributed by atoms with E-state index in [1.807, 2.05) is 49.4 Å². The first kappa shape index (κ1) is 15.9. The molecule has 8 nitrogen and oxygen atoms in total. The molecule has 0 fully saturated rings. The number of nitrogens with zero attached hydrogens (tertiary/aromatic N) is 5. The third-order valence-corrected chi connectivity index (χ3v) is 4.25. The molecule has 1 atom stereocenters. The number of hydrogen-bond acceptors (Lipinski definition) is 6. The van der Waals surface area contributed by atoms with Crippen molar-refractivity contribution in [2.75, 3.05) is 5.32 Å². The molecule has 26 heavy (non-hydrogen) atoms. The number of tetrazole rings is 1. The Balaban J connectivity index is 1.67. The van der Waals surface area contributed by atoms with Crippen LogP contribution in [-0.4, -0.2) is 31.1 Å². The maximum Gasteiger partial charge on any atom is 0.251 e. The lowest BCUT2D eigenvalue weighted by atomic mass is 9.96. The summed E-state index contributed by atoms with van der Waals surface area (Å²) < 4.78 is 1.60. The number of pyridine rings is 1. The van der Waals surface area contributed by atoms with Crippen molar-refractivity contribution in [1.29, 1.82) is 0 Å². The number of amides is 1. The van der Waals surface area contributed by atoms with Crippen molar-refractivity contribution in [3.63, 3.8) is 0 Å². The molecule has 130 valence electrons. The first-order chi connectivity index (χ1) is 12.7. The lowest BCUT2D eigenvalue weighted by Crippen LogP contribution is -2.35. The standard InChI is InChI=1S/C18H17N7O/c1-12-15(17(26)20-10-13-6-3-2-4-7-13)16(14-8-5-9-19-11-14)25-18(21-12)22-23-24-25/h2-9,11,16H,10H2,1H3,(H,20,26)(H,21,22,24)/t16-/m0/s1. The summed E-state index contributed by atoms with van der Waals surface area (Å²) >= 11 is 0. The fourth-order valence-electron chi connectivity index (χ4n) is 3.03. The van der Waals surface area contributed by atoms with E-state index in [1.54, 1.807) is 17.1 Å². The van der Waals surface area contributed by atoms with Gasteiger partial charge in [-0.15, -0.1) is 0 Å². The summed E-state index contributed by atoms with van der Waals surface area (Å²) in [7, 11) is 0. The van der Waals surface area contributed by atoms with Gasteiger partial charge in [-0.1, -0.05) is 41.5 Å². The van der Waals surface area contributed by atoms with E-state index in [2.05, 4.69) is 31.1 Å². The van der Waals surface area contributed by atoms with Crippen molar-refractivity contribution in [1.82, 2.24) is 30.5 Å². The Morgan fingerprint density at radius 3 is 2.85 bits per heavy atom. The molecule has 1 aliphatic heterocycles. The summed E-state index contributed by atoms with van der Waals surface area (Å²) in [6.07, 6.45) is 3.41. The van der Waals surface area contributed by atoms with Crippen molar-refractivity contribution in [2.24, 2.45) is 0 Å². The van der Waals surface area contributed by atoms with Gasteiger partial charge in [0.1, 0.15) is 6.04 Å². The number of rotatable bonds is 4. The van der Waals surface area contributed by atoms with Gasteiger partial charge in [0.2, 0.25) is 5.95 Å². The number of aromatic nitrogens is 5. The van der Waals surface area contributed by atoms with Gasteiger partial charge < -0.3 is 10.6 Å². The van der Waals surface area contributed by atoms with Gasteiger partial charge in [-0.2, -0.15) is 4.68 Å². The van der Waals surface area contributed by atoms with Gasteiger partial charge in [0.15, 0.2) is 0 Å². The van der Waals surface area contributed by atoms with Crippen molar-refractivity contribution in [2.45, 2.75) is 19.5 Å². The molecule has 2 aromatic heterocycles. The van der Waals surface area contributed by atoms with Crippen molar-refractivity contribution in [3.05, 3.63) is 77.3 Å². The zero-order valence-electron chi connectivity index (χ0n) is 14.1. The molecule has 0 spiro atoms. The van der Waals surface area contributed by atoms with E-state index >= 15 is 0 Å². The highest BCUT2D eigenvalue weighted by atomic mass is 16.1. The Bertz CT molecular complexity index is 950. The Morgan fingerprint density at radius 1 is 1.23 bits per heavy atom. The third-order valence-electron chi connectivity index (χ3n) is 4.25. The Morgan fingerprint density at radius 2 is 2.08 bits per heavy atom. The van der Waals surface area contributed by atoms with Crippen molar-refractivity contribution in [3.8, 4) is 0 Å². The Hall–Kier alpha value is -3.55. The Kier molecular flexibility index (Phi) is 4.14. The van der Waals surface area contributed by atoms with E-state index in [4.69, 9.17) is 0 Å². The highest BCUT2D eigenvalue weighted by Gasteiger charge is 2.33. The average molecular weight is 347 g/mol. The third kappa shape index (κ3) is 2.92. The monoisotopic (exact) mass is 347 g/mol. The average Bonchev–Trinajstić information content (AvgIpc) is 3.14. The summed E-state index contributed by atoms with van der Waals surface area (Å²) in [5.41, 5.74) is 3.15. The molecule has 0 radical (unpaired) electrons. The molecule has 8 heteroatoms. The molecule has 3 aromatic rings. The van der Waals surface area contributed by atoms with E-state index in [-0.39, 0.29) is 5.91 Å². The number of hydrogen-bond donors (Lipinski definition) is 2. The highest BCUT2D eigenvalue weighted by Crippen LogP contribution is 2.33. The second kappa shape index (κ2) is 6.75. The molecule has 3 heterocycles. The van der Waals surface area contributed by atoms with E-state index < -0.39 is 6.04 Å². The van der Waals surface area contributed by atoms with Crippen molar-refractivity contribution < 1.29 is 4.79 Å². The van der Waals surface area contributed by atoms with Gasteiger partial charge in [0.05, 0.1) is 5.57 Å². The SMILES string of the molecule is CC1=C(C(=O)NCc2ccccc2)[C@H](c2cccnc2)n2nnnc2N1. The van der Waals surface area contributed by atoms with E-state index in [0.29, 0.717) is 23.8 Å². The van der Waals surface area contributed by atoms with Gasteiger partial charge in [-0.05, 0) is 34.5 Å². The maximum atomic E-state index is 13.0. The molecule has 0 saturated carbocycles. The molecule has 4 rings (SSSR count). The summed E-state index contributed by atoms with van der Waals surface area (Å²) in [5, 5.41) is 17.8. The summed E-state index contributed by atoms with van der Waals surface area (Å²) in [4.78, 5) is 17.2. The highest BCUT2D eigenvalue weighted by molar-refractivity contribution is 5.96. The van der Waals surface area contributed by atoms with Crippen LogP contribution in [0.15, 0.2) is 66.1 Å². The summed E-state index contributed by atoms with van der Waals surface area (Å²) in [5.74, 6) is 0.324.